The molecule has 0 aliphatic carbocycles. The van der Waals surface area contributed by atoms with Crippen molar-refractivity contribution < 1.29 is 23.9 Å². The highest BCUT2D eigenvalue weighted by atomic mass is 16.5. The zero-order valence-electron chi connectivity index (χ0n) is 16.1. The van der Waals surface area contributed by atoms with Crippen LogP contribution in [0.25, 0.3) is 0 Å². The number of benzene rings is 2. The van der Waals surface area contributed by atoms with Gasteiger partial charge in [-0.1, -0.05) is 43.3 Å². The molecule has 7 heteroatoms. The molecule has 3 amide bonds. The van der Waals surface area contributed by atoms with Gasteiger partial charge < -0.3 is 10.1 Å². The van der Waals surface area contributed by atoms with Gasteiger partial charge in [0.25, 0.3) is 5.91 Å². The largest absolute Gasteiger partial charge is 0.452 e. The highest BCUT2D eigenvalue weighted by Gasteiger charge is 2.30. The van der Waals surface area contributed by atoms with Gasteiger partial charge in [0.15, 0.2) is 6.61 Å². The predicted octanol–water partition coefficient (Wildman–Crippen LogP) is 2.42. The molecule has 1 atom stereocenters. The minimum absolute atomic E-state index is 0.128. The van der Waals surface area contributed by atoms with Crippen molar-refractivity contribution in [3.05, 3.63) is 65.7 Å². The number of rotatable bonds is 7. The molecule has 7 nitrogen and oxygen atoms in total. The Kier molecular flexibility index (Phi) is 6.39. The first-order valence-electron chi connectivity index (χ1n) is 9.40. The highest BCUT2D eigenvalue weighted by Crippen LogP contribution is 2.23. The van der Waals surface area contributed by atoms with Crippen LogP contribution in [0.3, 0.4) is 0 Å². The molecule has 150 valence electrons. The summed E-state index contributed by atoms with van der Waals surface area (Å²) in [6, 6.07) is 15.8. The third-order valence-corrected chi connectivity index (χ3v) is 4.70. The lowest BCUT2D eigenvalue weighted by molar-refractivity contribution is -0.124. The average Bonchev–Trinajstić information content (AvgIpc) is 3.08. The van der Waals surface area contributed by atoms with Crippen molar-refractivity contribution in [1.82, 2.24) is 5.32 Å². The van der Waals surface area contributed by atoms with Crippen LogP contribution in [0.1, 0.15) is 41.6 Å². The zero-order chi connectivity index (χ0) is 20.8. The number of imide groups is 1. The fraction of sp³-hybridized carbons (Fsp3) is 0.273. The molecule has 0 bridgehead atoms. The molecule has 1 heterocycles. The summed E-state index contributed by atoms with van der Waals surface area (Å²) in [6.07, 6.45) is 0.324. The zero-order valence-corrected chi connectivity index (χ0v) is 16.1. The highest BCUT2D eigenvalue weighted by molar-refractivity contribution is 6.20. The van der Waals surface area contributed by atoms with Crippen LogP contribution in [0.15, 0.2) is 54.6 Å². The van der Waals surface area contributed by atoms with E-state index in [0.29, 0.717) is 12.2 Å². The predicted molar refractivity (Wildman–Crippen MR) is 106 cm³/mol. The van der Waals surface area contributed by atoms with E-state index < -0.39 is 18.5 Å². The van der Waals surface area contributed by atoms with Crippen LogP contribution >= 0.6 is 0 Å². The molecule has 29 heavy (non-hydrogen) atoms. The van der Waals surface area contributed by atoms with Gasteiger partial charge in [-0.15, -0.1) is 0 Å². The normalized spacial score (nSPS) is 14.6. The fourth-order valence-corrected chi connectivity index (χ4v) is 3.07. The summed E-state index contributed by atoms with van der Waals surface area (Å²) in [5, 5.41) is 2.74. The van der Waals surface area contributed by atoms with Gasteiger partial charge in [-0.3, -0.25) is 19.3 Å². The molecule has 1 fully saturated rings. The van der Waals surface area contributed by atoms with Crippen molar-refractivity contribution in [3.63, 3.8) is 0 Å². The lowest BCUT2D eigenvalue weighted by Gasteiger charge is -2.15. The number of hydrogen-bond donors (Lipinski definition) is 1. The lowest BCUT2D eigenvalue weighted by atomic mass is 10.0. The third-order valence-electron chi connectivity index (χ3n) is 4.70. The molecule has 1 saturated heterocycles. The van der Waals surface area contributed by atoms with E-state index in [1.165, 1.54) is 12.1 Å². The van der Waals surface area contributed by atoms with Crippen LogP contribution < -0.4 is 10.2 Å². The number of esters is 1. The van der Waals surface area contributed by atoms with E-state index in [1.807, 2.05) is 37.3 Å². The van der Waals surface area contributed by atoms with Crippen LogP contribution in [-0.4, -0.2) is 36.8 Å². The Balaban J connectivity index is 1.51. The van der Waals surface area contributed by atoms with Crippen molar-refractivity contribution in [3.8, 4) is 0 Å². The first kappa shape index (κ1) is 20.3. The summed E-state index contributed by atoms with van der Waals surface area (Å²) in [5.41, 5.74) is 1.60. The second-order valence-corrected chi connectivity index (χ2v) is 6.87. The van der Waals surface area contributed by atoms with Crippen molar-refractivity contribution in [2.45, 2.75) is 25.7 Å². The van der Waals surface area contributed by atoms with Crippen molar-refractivity contribution in [2.24, 2.45) is 0 Å². The molecule has 2 aromatic rings. The molecular formula is C22H22N2O5. The van der Waals surface area contributed by atoms with E-state index in [-0.39, 0.29) is 36.1 Å². The molecule has 0 spiro atoms. The minimum atomic E-state index is -0.697. The monoisotopic (exact) mass is 394 g/mol. The number of amides is 3. The van der Waals surface area contributed by atoms with Crippen LogP contribution in [0.4, 0.5) is 5.69 Å². The Morgan fingerprint density at radius 3 is 2.41 bits per heavy atom. The maximum absolute atomic E-state index is 12.2. The Labute approximate surface area is 168 Å². The Bertz CT molecular complexity index is 910. The number of nitrogens with zero attached hydrogens (tertiary/aromatic N) is 1. The molecule has 1 aliphatic rings. The standard InChI is InChI=1S/C22H22N2O5/c1-15(16-6-3-2-4-7-16)13-23-19(25)14-29-22(28)17-8-5-9-18(12-17)24-20(26)10-11-21(24)27/h2-9,12,15H,10-11,13-14H2,1H3,(H,23,25)/t15-/m1/s1. The number of hydrogen-bond acceptors (Lipinski definition) is 5. The van der Waals surface area contributed by atoms with Gasteiger partial charge >= 0.3 is 5.97 Å². The summed E-state index contributed by atoms with van der Waals surface area (Å²) in [4.78, 5) is 49.0. The second kappa shape index (κ2) is 9.14. The molecule has 2 aromatic carbocycles. The van der Waals surface area contributed by atoms with Gasteiger partial charge in [0.1, 0.15) is 0 Å². The van der Waals surface area contributed by atoms with E-state index in [2.05, 4.69) is 5.32 Å². The Morgan fingerprint density at radius 1 is 1.03 bits per heavy atom. The molecule has 0 radical (unpaired) electrons. The summed E-state index contributed by atoms with van der Waals surface area (Å²) < 4.78 is 5.06. The number of carbonyl (C=O) groups is 4. The van der Waals surface area contributed by atoms with Crippen LogP contribution in [0.5, 0.6) is 0 Å². The van der Waals surface area contributed by atoms with Gasteiger partial charge in [0.05, 0.1) is 11.3 Å². The van der Waals surface area contributed by atoms with Crippen molar-refractivity contribution in [2.75, 3.05) is 18.1 Å². The maximum atomic E-state index is 12.2. The summed E-state index contributed by atoms with van der Waals surface area (Å²) in [7, 11) is 0. The first-order chi connectivity index (χ1) is 14.0. The number of ether oxygens (including phenoxy) is 1. The molecule has 1 aliphatic heterocycles. The van der Waals surface area contributed by atoms with Gasteiger partial charge in [0, 0.05) is 19.4 Å². The molecule has 0 saturated carbocycles. The van der Waals surface area contributed by atoms with Crippen LogP contribution in [0.2, 0.25) is 0 Å². The lowest BCUT2D eigenvalue weighted by Crippen LogP contribution is -2.31. The van der Waals surface area contributed by atoms with E-state index in [1.54, 1.807) is 12.1 Å². The van der Waals surface area contributed by atoms with Gasteiger partial charge in [0.2, 0.25) is 11.8 Å². The fourth-order valence-electron chi connectivity index (χ4n) is 3.07. The van der Waals surface area contributed by atoms with E-state index in [4.69, 9.17) is 4.74 Å². The molecular weight excluding hydrogens is 372 g/mol. The topological polar surface area (TPSA) is 92.8 Å². The van der Waals surface area contributed by atoms with Gasteiger partial charge in [-0.25, -0.2) is 4.79 Å². The SMILES string of the molecule is C[C@H](CNC(=O)COC(=O)c1cccc(N2C(=O)CCC2=O)c1)c1ccccc1. The Morgan fingerprint density at radius 2 is 1.72 bits per heavy atom. The summed E-state index contributed by atoms with van der Waals surface area (Å²) in [6.45, 7) is 2.01. The first-order valence-corrected chi connectivity index (χ1v) is 9.40. The van der Waals surface area contributed by atoms with Crippen LogP contribution in [0, 0.1) is 0 Å². The van der Waals surface area contributed by atoms with Crippen molar-refractivity contribution in [1.29, 1.82) is 0 Å². The second-order valence-electron chi connectivity index (χ2n) is 6.87. The average molecular weight is 394 g/mol. The smallest absolute Gasteiger partial charge is 0.338 e. The molecule has 0 unspecified atom stereocenters. The maximum Gasteiger partial charge on any atom is 0.338 e. The number of anilines is 1. The van der Waals surface area contributed by atoms with E-state index >= 15 is 0 Å². The van der Waals surface area contributed by atoms with Crippen LogP contribution in [-0.2, 0) is 19.1 Å². The van der Waals surface area contributed by atoms with E-state index in [0.717, 1.165) is 10.5 Å². The summed E-state index contributed by atoms with van der Waals surface area (Å²) >= 11 is 0. The molecule has 3 rings (SSSR count). The van der Waals surface area contributed by atoms with Gasteiger partial charge in [-0.05, 0) is 29.7 Å². The Hall–Kier alpha value is -3.48. The van der Waals surface area contributed by atoms with Gasteiger partial charge in [-0.2, -0.15) is 0 Å². The number of carbonyl (C=O) groups excluding carboxylic acids is 4. The number of nitrogens with one attached hydrogen (secondary N) is 1. The molecule has 0 aromatic heterocycles. The van der Waals surface area contributed by atoms with E-state index in [9.17, 15) is 19.2 Å². The third kappa shape index (κ3) is 5.07. The minimum Gasteiger partial charge on any atom is -0.452 e. The van der Waals surface area contributed by atoms with Crippen molar-refractivity contribution >= 4 is 29.4 Å². The molecule has 1 N–H and O–H groups in total. The quantitative estimate of drug-likeness (QED) is 0.575. The summed E-state index contributed by atoms with van der Waals surface area (Å²) in [5.74, 6) is -1.57.